The summed E-state index contributed by atoms with van der Waals surface area (Å²) in [4.78, 5) is 24.2. The van der Waals surface area contributed by atoms with E-state index >= 15 is 0 Å². The molecule has 1 heterocycles. The largest absolute Gasteiger partial charge is 0.508 e. The van der Waals surface area contributed by atoms with Crippen molar-refractivity contribution in [1.82, 2.24) is 0 Å². The van der Waals surface area contributed by atoms with Gasteiger partial charge in [-0.3, -0.25) is 4.79 Å². The maximum Gasteiger partial charge on any atom is 0.330 e. The molecule has 0 bridgehead atoms. The maximum atomic E-state index is 12.7. The Morgan fingerprint density at radius 2 is 1.79 bits per heavy atom. The zero-order chi connectivity index (χ0) is 20.1. The molecule has 0 unspecified atom stereocenters. The van der Waals surface area contributed by atoms with Crippen LogP contribution in [-0.2, 0) is 19.1 Å². The molecule has 146 valence electrons. The van der Waals surface area contributed by atoms with Gasteiger partial charge in [0, 0.05) is 11.6 Å². The van der Waals surface area contributed by atoms with Crippen LogP contribution in [-0.4, -0.2) is 30.3 Å². The first-order valence-electron chi connectivity index (χ1n) is 9.14. The fourth-order valence-corrected chi connectivity index (χ4v) is 3.15. The van der Waals surface area contributed by atoms with E-state index in [9.17, 15) is 14.7 Å². The lowest BCUT2D eigenvalue weighted by Crippen LogP contribution is -2.21. The lowest BCUT2D eigenvalue weighted by Gasteiger charge is -2.18. The van der Waals surface area contributed by atoms with Crippen molar-refractivity contribution in [2.24, 2.45) is 0 Å². The molecule has 0 aromatic heterocycles. The predicted octanol–water partition coefficient (Wildman–Crippen LogP) is 3.75. The number of phenolic OH excluding ortho intramolecular Hbond substituents is 1. The number of carbonyl (C=O) groups excluding carboxylic acids is 2. The Kier molecular flexibility index (Phi) is 5.99. The van der Waals surface area contributed by atoms with E-state index in [1.165, 1.54) is 6.08 Å². The van der Waals surface area contributed by atoms with Crippen LogP contribution in [0, 0.1) is 0 Å². The van der Waals surface area contributed by atoms with Crippen molar-refractivity contribution >= 4 is 18.0 Å². The lowest BCUT2D eigenvalue weighted by molar-refractivity contribution is -0.146. The van der Waals surface area contributed by atoms with Crippen LogP contribution < -0.4 is 4.74 Å². The zero-order valence-electron chi connectivity index (χ0n) is 15.8. The molecule has 1 aliphatic heterocycles. The Bertz CT molecular complexity index is 884. The van der Waals surface area contributed by atoms with Crippen LogP contribution in [0.1, 0.15) is 42.6 Å². The van der Waals surface area contributed by atoms with E-state index in [0.717, 1.165) is 11.1 Å². The standard InChI is InChI=1S/C22H22O6/c1-3-26-19(24)12-6-14-5-11-18-17(13-14)20(22(25)27-4-2)21(28-18)15-7-9-16(23)10-8-15/h5-13,20-21,23H,3-4H2,1-2H3/b12-6+/t20-,21+/m1/s1. The van der Waals surface area contributed by atoms with E-state index in [2.05, 4.69) is 0 Å². The SMILES string of the molecule is CCOC(=O)/C=C/c1ccc2c(c1)[C@@H](C(=O)OCC)[C@H](c1ccc(O)cc1)O2. The molecule has 1 N–H and O–H groups in total. The van der Waals surface area contributed by atoms with Crippen LogP contribution in [0.3, 0.4) is 0 Å². The number of rotatable bonds is 6. The molecule has 0 saturated carbocycles. The highest BCUT2D eigenvalue weighted by atomic mass is 16.5. The Morgan fingerprint density at radius 1 is 1.07 bits per heavy atom. The van der Waals surface area contributed by atoms with Crippen LogP contribution in [0.4, 0.5) is 0 Å². The van der Waals surface area contributed by atoms with Crippen molar-refractivity contribution in [3.8, 4) is 11.5 Å². The quantitative estimate of drug-likeness (QED) is 0.605. The van der Waals surface area contributed by atoms with Crippen LogP contribution in [0.25, 0.3) is 6.08 Å². The Labute approximate surface area is 163 Å². The first-order valence-corrected chi connectivity index (χ1v) is 9.14. The van der Waals surface area contributed by atoms with Crippen molar-refractivity contribution in [1.29, 1.82) is 0 Å². The number of ether oxygens (including phenoxy) is 3. The molecule has 0 radical (unpaired) electrons. The molecule has 2 atom stereocenters. The molecule has 1 aliphatic rings. The van der Waals surface area contributed by atoms with Gasteiger partial charge >= 0.3 is 11.9 Å². The molecule has 0 amide bonds. The van der Waals surface area contributed by atoms with Gasteiger partial charge in [0.2, 0.25) is 0 Å². The smallest absolute Gasteiger partial charge is 0.330 e. The summed E-state index contributed by atoms with van der Waals surface area (Å²) >= 11 is 0. The minimum absolute atomic E-state index is 0.137. The second kappa shape index (κ2) is 8.61. The third-order valence-corrected chi connectivity index (χ3v) is 4.39. The van der Waals surface area contributed by atoms with E-state index in [-0.39, 0.29) is 18.3 Å². The normalized spacial score (nSPS) is 17.8. The second-order valence-electron chi connectivity index (χ2n) is 6.24. The third-order valence-electron chi connectivity index (χ3n) is 4.39. The summed E-state index contributed by atoms with van der Waals surface area (Å²) in [6.07, 6.45) is 2.42. The highest BCUT2D eigenvalue weighted by Crippen LogP contribution is 2.47. The number of carbonyl (C=O) groups is 2. The molecular formula is C22H22O6. The summed E-state index contributed by atoms with van der Waals surface area (Å²) in [5.74, 6) is -0.729. The van der Waals surface area contributed by atoms with Crippen LogP contribution in [0.5, 0.6) is 11.5 Å². The number of hydrogen-bond acceptors (Lipinski definition) is 6. The highest BCUT2D eigenvalue weighted by molar-refractivity contribution is 5.87. The summed E-state index contributed by atoms with van der Waals surface area (Å²) in [5.41, 5.74) is 2.20. The van der Waals surface area contributed by atoms with Gasteiger partial charge in [0.25, 0.3) is 0 Å². The first-order chi connectivity index (χ1) is 13.5. The van der Waals surface area contributed by atoms with Crippen molar-refractivity contribution in [3.05, 3.63) is 65.2 Å². The van der Waals surface area contributed by atoms with Gasteiger partial charge < -0.3 is 19.3 Å². The van der Waals surface area contributed by atoms with Gasteiger partial charge in [-0.1, -0.05) is 18.2 Å². The molecule has 6 heteroatoms. The molecule has 28 heavy (non-hydrogen) atoms. The molecule has 2 aromatic carbocycles. The number of fused-ring (bicyclic) bond motifs is 1. The van der Waals surface area contributed by atoms with Gasteiger partial charge in [-0.15, -0.1) is 0 Å². The van der Waals surface area contributed by atoms with Crippen LogP contribution >= 0.6 is 0 Å². The third kappa shape index (κ3) is 4.17. The van der Waals surface area contributed by atoms with Gasteiger partial charge in [-0.2, -0.15) is 0 Å². The fraction of sp³-hybridized carbons (Fsp3) is 0.273. The number of esters is 2. The van der Waals surface area contributed by atoms with Crippen LogP contribution in [0.15, 0.2) is 48.5 Å². The average molecular weight is 382 g/mol. The molecule has 0 spiro atoms. The fourth-order valence-electron chi connectivity index (χ4n) is 3.15. The van der Waals surface area contributed by atoms with E-state index in [4.69, 9.17) is 14.2 Å². The molecule has 0 fully saturated rings. The van der Waals surface area contributed by atoms with E-state index < -0.39 is 18.0 Å². The molecule has 3 rings (SSSR count). The second-order valence-corrected chi connectivity index (χ2v) is 6.24. The summed E-state index contributed by atoms with van der Waals surface area (Å²) < 4.78 is 16.2. The Hall–Kier alpha value is -3.28. The van der Waals surface area contributed by atoms with Crippen LogP contribution in [0.2, 0.25) is 0 Å². The number of benzene rings is 2. The lowest BCUT2D eigenvalue weighted by atomic mass is 9.90. The van der Waals surface area contributed by atoms with Gasteiger partial charge in [0.1, 0.15) is 23.5 Å². The summed E-state index contributed by atoms with van der Waals surface area (Å²) in [7, 11) is 0. The molecule has 6 nitrogen and oxygen atoms in total. The van der Waals surface area contributed by atoms with E-state index in [0.29, 0.717) is 17.9 Å². The summed E-state index contributed by atoms with van der Waals surface area (Å²) in [5, 5.41) is 9.53. The minimum Gasteiger partial charge on any atom is -0.508 e. The topological polar surface area (TPSA) is 82.1 Å². The van der Waals surface area contributed by atoms with Gasteiger partial charge in [-0.05, 0) is 55.3 Å². The Morgan fingerprint density at radius 3 is 2.46 bits per heavy atom. The number of hydrogen-bond donors (Lipinski definition) is 1. The maximum absolute atomic E-state index is 12.7. The monoisotopic (exact) mass is 382 g/mol. The molecule has 2 aromatic rings. The van der Waals surface area contributed by atoms with Crippen molar-refractivity contribution in [2.75, 3.05) is 13.2 Å². The van der Waals surface area contributed by atoms with Gasteiger partial charge in [0.15, 0.2) is 0 Å². The van der Waals surface area contributed by atoms with Gasteiger partial charge in [0.05, 0.1) is 13.2 Å². The van der Waals surface area contributed by atoms with Crippen molar-refractivity contribution < 1.29 is 28.9 Å². The summed E-state index contributed by atoms with van der Waals surface area (Å²) in [6.45, 7) is 4.06. The summed E-state index contributed by atoms with van der Waals surface area (Å²) in [6, 6.07) is 11.9. The molecule has 0 aliphatic carbocycles. The van der Waals surface area contributed by atoms with E-state index in [1.807, 2.05) is 6.07 Å². The highest BCUT2D eigenvalue weighted by Gasteiger charge is 2.41. The number of aromatic hydroxyl groups is 1. The Balaban J connectivity index is 1.94. The van der Waals surface area contributed by atoms with Crippen molar-refractivity contribution in [3.63, 3.8) is 0 Å². The predicted molar refractivity (Wildman–Crippen MR) is 103 cm³/mol. The van der Waals surface area contributed by atoms with E-state index in [1.54, 1.807) is 56.3 Å². The molecule has 0 saturated heterocycles. The minimum atomic E-state index is -0.643. The first kappa shape index (κ1) is 19.5. The van der Waals surface area contributed by atoms with Gasteiger partial charge in [-0.25, -0.2) is 4.79 Å². The average Bonchev–Trinajstić information content (AvgIpc) is 3.06. The van der Waals surface area contributed by atoms with Crippen molar-refractivity contribution in [2.45, 2.75) is 25.9 Å². The molecular weight excluding hydrogens is 360 g/mol. The number of phenols is 1. The zero-order valence-corrected chi connectivity index (χ0v) is 15.8.